The van der Waals surface area contributed by atoms with Gasteiger partial charge in [0.25, 0.3) is 0 Å². The van der Waals surface area contributed by atoms with Gasteiger partial charge in [0.15, 0.2) is 0 Å². The van der Waals surface area contributed by atoms with E-state index in [1.807, 2.05) is 6.92 Å². The van der Waals surface area contributed by atoms with Crippen LogP contribution in [0.15, 0.2) is 29.2 Å². The topological polar surface area (TPSA) is 87.2 Å². The Morgan fingerprint density at radius 2 is 2.00 bits per heavy atom. The molecule has 1 aliphatic heterocycles. The maximum absolute atomic E-state index is 12.5. The van der Waals surface area contributed by atoms with Gasteiger partial charge in [-0.15, -0.1) is 0 Å². The second-order valence-corrected chi connectivity index (χ2v) is 6.91. The van der Waals surface area contributed by atoms with Crippen molar-refractivity contribution in [3.63, 3.8) is 0 Å². The van der Waals surface area contributed by atoms with E-state index < -0.39 is 10.0 Å². The Kier molecular flexibility index (Phi) is 3.91. The number of aryl methyl sites for hydroxylation is 1. The minimum atomic E-state index is -3.46. The van der Waals surface area contributed by atoms with E-state index in [1.54, 1.807) is 24.3 Å². The molecule has 0 radical (unpaired) electrons. The zero-order valence-electron chi connectivity index (χ0n) is 11.0. The Bertz CT molecular complexity index is 566. The standard InChI is InChI=1S/C13H19N3O2S/c1-10-4-6-12(7-5-10)19(17,18)16-8-2-3-11(9-16)13(14)15/h4-7,11H,2-3,8-9H2,1H3,(H3,14,15)/t11-/m0/s1. The van der Waals surface area contributed by atoms with E-state index in [4.69, 9.17) is 11.1 Å². The van der Waals surface area contributed by atoms with Crippen molar-refractivity contribution < 1.29 is 8.42 Å². The normalized spacial score (nSPS) is 21.2. The van der Waals surface area contributed by atoms with Crippen molar-refractivity contribution in [2.24, 2.45) is 11.7 Å². The summed E-state index contributed by atoms with van der Waals surface area (Å²) in [5, 5.41) is 7.47. The molecular formula is C13H19N3O2S. The molecule has 1 aromatic carbocycles. The second kappa shape index (κ2) is 5.30. The lowest BCUT2D eigenvalue weighted by Crippen LogP contribution is -2.43. The van der Waals surface area contributed by atoms with Crippen LogP contribution < -0.4 is 5.73 Å². The van der Waals surface area contributed by atoms with Crippen molar-refractivity contribution in [1.82, 2.24) is 4.31 Å². The number of piperidine rings is 1. The Morgan fingerprint density at radius 3 is 2.58 bits per heavy atom. The molecule has 19 heavy (non-hydrogen) atoms. The molecule has 0 spiro atoms. The molecule has 0 aromatic heterocycles. The molecular weight excluding hydrogens is 262 g/mol. The number of hydrogen-bond acceptors (Lipinski definition) is 3. The van der Waals surface area contributed by atoms with Crippen LogP contribution in [-0.2, 0) is 10.0 Å². The van der Waals surface area contributed by atoms with Gasteiger partial charge in [-0.25, -0.2) is 8.42 Å². The molecule has 1 saturated heterocycles. The van der Waals surface area contributed by atoms with Crippen LogP contribution in [0.25, 0.3) is 0 Å². The van der Waals surface area contributed by atoms with Crippen LogP contribution in [0, 0.1) is 18.3 Å². The number of rotatable bonds is 3. The van der Waals surface area contributed by atoms with E-state index in [-0.39, 0.29) is 11.8 Å². The molecule has 1 aliphatic rings. The predicted octanol–water partition coefficient (Wildman–Crippen LogP) is 1.33. The van der Waals surface area contributed by atoms with Crippen LogP contribution in [0.5, 0.6) is 0 Å². The first kappa shape index (κ1) is 14.0. The summed E-state index contributed by atoms with van der Waals surface area (Å²) in [4.78, 5) is 0.308. The van der Waals surface area contributed by atoms with Gasteiger partial charge in [0.2, 0.25) is 10.0 Å². The summed E-state index contributed by atoms with van der Waals surface area (Å²) in [5.41, 5.74) is 6.52. The maximum atomic E-state index is 12.5. The maximum Gasteiger partial charge on any atom is 0.243 e. The lowest BCUT2D eigenvalue weighted by Gasteiger charge is -2.31. The first-order valence-corrected chi connectivity index (χ1v) is 7.76. The van der Waals surface area contributed by atoms with E-state index in [2.05, 4.69) is 0 Å². The van der Waals surface area contributed by atoms with E-state index in [1.165, 1.54) is 4.31 Å². The summed E-state index contributed by atoms with van der Waals surface area (Å²) in [6.07, 6.45) is 1.53. The number of nitrogens with two attached hydrogens (primary N) is 1. The SMILES string of the molecule is Cc1ccc(S(=O)(=O)N2CCC[C@H](C(=N)N)C2)cc1. The van der Waals surface area contributed by atoms with Crippen molar-refractivity contribution in [2.45, 2.75) is 24.7 Å². The predicted molar refractivity (Wildman–Crippen MR) is 74.6 cm³/mol. The van der Waals surface area contributed by atoms with Crippen molar-refractivity contribution in [3.05, 3.63) is 29.8 Å². The van der Waals surface area contributed by atoms with Gasteiger partial charge in [-0.1, -0.05) is 17.7 Å². The Balaban J connectivity index is 2.24. The third-order valence-corrected chi connectivity index (χ3v) is 5.36. The number of amidine groups is 1. The fraction of sp³-hybridized carbons (Fsp3) is 0.462. The van der Waals surface area contributed by atoms with Gasteiger partial charge < -0.3 is 5.73 Å². The average molecular weight is 281 g/mol. The summed E-state index contributed by atoms with van der Waals surface area (Å²) < 4.78 is 26.4. The lowest BCUT2D eigenvalue weighted by molar-refractivity contribution is 0.310. The van der Waals surface area contributed by atoms with Gasteiger partial charge in [-0.3, -0.25) is 5.41 Å². The average Bonchev–Trinajstić information content (AvgIpc) is 2.39. The highest BCUT2D eigenvalue weighted by Crippen LogP contribution is 2.23. The minimum absolute atomic E-state index is 0.0730. The van der Waals surface area contributed by atoms with Gasteiger partial charge in [-0.2, -0.15) is 4.31 Å². The molecule has 0 unspecified atom stereocenters. The number of hydrogen-bond donors (Lipinski definition) is 2. The van der Waals surface area contributed by atoms with Gasteiger partial charge in [0.1, 0.15) is 0 Å². The Hall–Kier alpha value is -1.40. The molecule has 0 amide bonds. The van der Waals surface area contributed by atoms with Crippen LogP contribution in [0.3, 0.4) is 0 Å². The third kappa shape index (κ3) is 2.96. The van der Waals surface area contributed by atoms with Gasteiger partial charge in [-0.05, 0) is 31.9 Å². The van der Waals surface area contributed by atoms with Crippen molar-refractivity contribution in [1.29, 1.82) is 5.41 Å². The van der Waals surface area contributed by atoms with Crippen LogP contribution in [0.4, 0.5) is 0 Å². The largest absolute Gasteiger partial charge is 0.387 e. The molecule has 104 valence electrons. The number of sulfonamides is 1. The van der Waals surface area contributed by atoms with Crippen molar-refractivity contribution in [2.75, 3.05) is 13.1 Å². The molecule has 2 rings (SSSR count). The van der Waals surface area contributed by atoms with Gasteiger partial charge >= 0.3 is 0 Å². The van der Waals surface area contributed by atoms with Crippen LogP contribution in [0.2, 0.25) is 0 Å². The molecule has 6 heteroatoms. The van der Waals surface area contributed by atoms with Crippen LogP contribution in [-0.4, -0.2) is 31.6 Å². The number of nitrogens with zero attached hydrogens (tertiary/aromatic N) is 1. The highest BCUT2D eigenvalue weighted by atomic mass is 32.2. The molecule has 0 aliphatic carbocycles. The van der Waals surface area contributed by atoms with Crippen molar-refractivity contribution in [3.8, 4) is 0 Å². The first-order chi connectivity index (χ1) is 8.91. The van der Waals surface area contributed by atoms with Crippen LogP contribution in [0.1, 0.15) is 18.4 Å². The van der Waals surface area contributed by atoms with E-state index in [9.17, 15) is 8.42 Å². The highest BCUT2D eigenvalue weighted by molar-refractivity contribution is 7.89. The summed E-state index contributed by atoms with van der Waals surface area (Å²) in [5.74, 6) is -0.0854. The third-order valence-electron chi connectivity index (χ3n) is 3.48. The monoisotopic (exact) mass is 281 g/mol. The molecule has 1 aromatic rings. The zero-order chi connectivity index (χ0) is 14.0. The summed E-state index contributed by atoms with van der Waals surface area (Å²) >= 11 is 0. The lowest BCUT2D eigenvalue weighted by atomic mass is 9.99. The second-order valence-electron chi connectivity index (χ2n) is 4.97. The fourth-order valence-electron chi connectivity index (χ4n) is 2.27. The number of nitrogens with one attached hydrogen (secondary N) is 1. The van der Waals surface area contributed by atoms with E-state index in [0.717, 1.165) is 18.4 Å². The van der Waals surface area contributed by atoms with Gasteiger partial charge in [0.05, 0.1) is 10.7 Å². The molecule has 1 heterocycles. The zero-order valence-corrected chi connectivity index (χ0v) is 11.8. The van der Waals surface area contributed by atoms with Crippen molar-refractivity contribution >= 4 is 15.9 Å². The summed E-state index contributed by atoms with van der Waals surface area (Å²) in [6, 6.07) is 6.84. The Labute approximate surface area is 114 Å². The first-order valence-electron chi connectivity index (χ1n) is 6.32. The highest BCUT2D eigenvalue weighted by Gasteiger charge is 2.31. The minimum Gasteiger partial charge on any atom is -0.387 e. The molecule has 1 atom stereocenters. The molecule has 3 N–H and O–H groups in total. The summed E-state index contributed by atoms with van der Waals surface area (Å²) in [6.45, 7) is 2.73. The molecule has 5 nitrogen and oxygen atoms in total. The molecule has 0 saturated carbocycles. The Morgan fingerprint density at radius 1 is 1.37 bits per heavy atom. The van der Waals surface area contributed by atoms with Gasteiger partial charge in [0, 0.05) is 19.0 Å². The van der Waals surface area contributed by atoms with E-state index in [0.29, 0.717) is 18.0 Å². The molecule has 0 bridgehead atoms. The fourth-order valence-corrected chi connectivity index (χ4v) is 3.80. The quantitative estimate of drug-likeness (QED) is 0.647. The van der Waals surface area contributed by atoms with E-state index >= 15 is 0 Å². The smallest absolute Gasteiger partial charge is 0.243 e. The van der Waals surface area contributed by atoms with Crippen LogP contribution >= 0.6 is 0 Å². The number of benzene rings is 1. The molecule has 1 fully saturated rings. The summed E-state index contributed by atoms with van der Waals surface area (Å²) in [7, 11) is -3.46.